The second-order valence-corrected chi connectivity index (χ2v) is 7.58. The first kappa shape index (κ1) is 16.3. The van der Waals surface area contributed by atoms with Crippen molar-refractivity contribution < 1.29 is 14.3 Å². The van der Waals surface area contributed by atoms with Crippen molar-refractivity contribution in [2.75, 3.05) is 6.61 Å². The van der Waals surface area contributed by atoms with Gasteiger partial charge in [-0.2, -0.15) is 5.10 Å². The highest BCUT2D eigenvalue weighted by molar-refractivity contribution is 6.30. The Labute approximate surface area is 151 Å². The van der Waals surface area contributed by atoms with E-state index in [9.17, 15) is 4.79 Å². The van der Waals surface area contributed by atoms with Crippen LogP contribution < -0.4 is 14.8 Å². The summed E-state index contributed by atoms with van der Waals surface area (Å²) in [5, 5.41) is 8.01. The lowest BCUT2D eigenvalue weighted by Gasteiger charge is -2.30. The molecule has 3 heterocycles. The van der Waals surface area contributed by atoms with Gasteiger partial charge in [-0.1, -0.05) is 11.6 Å². The van der Waals surface area contributed by atoms with E-state index in [0.717, 1.165) is 24.3 Å². The van der Waals surface area contributed by atoms with E-state index in [4.69, 9.17) is 21.1 Å². The van der Waals surface area contributed by atoms with Gasteiger partial charge in [0.05, 0.1) is 6.04 Å². The monoisotopic (exact) mass is 361 g/mol. The summed E-state index contributed by atoms with van der Waals surface area (Å²) in [7, 11) is 0. The number of amides is 1. The van der Waals surface area contributed by atoms with E-state index in [0.29, 0.717) is 29.6 Å². The normalized spacial score (nSPS) is 20.7. The zero-order valence-electron chi connectivity index (χ0n) is 14.2. The second-order valence-electron chi connectivity index (χ2n) is 7.14. The average molecular weight is 362 g/mol. The molecule has 0 saturated heterocycles. The number of nitrogens with zero attached hydrogens (tertiary/aromatic N) is 2. The van der Waals surface area contributed by atoms with Gasteiger partial charge in [-0.05, 0) is 44.0 Å². The number of hydrogen-bond acceptors (Lipinski definition) is 4. The van der Waals surface area contributed by atoms with Crippen molar-refractivity contribution in [3.63, 3.8) is 0 Å². The summed E-state index contributed by atoms with van der Waals surface area (Å²) < 4.78 is 13.3. The first-order chi connectivity index (χ1) is 11.9. The molecule has 25 heavy (non-hydrogen) atoms. The van der Waals surface area contributed by atoms with Crippen molar-refractivity contribution in [1.29, 1.82) is 0 Å². The topological polar surface area (TPSA) is 65.4 Å². The lowest BCUT2D eigenvalue weighted by atomic mass is 10.0. The SMILES string of the molecule is CC1(C)CCn2nc(C(=O)NC3COc4ccc(Cl)cc4C3)cc2O1. The minimum atomic E-state index is -0.232. The van der Waals surface area contributed by atoms with Gasteiger partial charge in [-0.25, -0.2) is 4.68 Å². The highest BCUT2D eigenvalue weighted by atomic mass is 35.5. The zero-order valence-corrected chi connectivity index (χ0v) is 15.0. The predicted octanol–water partition coefficient (Wildman–Crippen LogP) is 2.83. The lowest BCUT2D eigenvalue weighted by molar-refractivity contribution is 0.0535. The van der Waals surface area contributed by atoms with Gasteiger partial charge in [0, 0.05) is 24.1 Å². The average Bonchev–Trinajstić information content (AvgIpc) is 2.96. The number of aromatic nitrogens is 2. The van der Waals surface area contributed by atoms with Crippen LogP contribution in [0.5, 0.6) is 11.6 Å². The van der Waals surface area contributed by atoms with Crippen LogP contribution in [0.1, 0.15) is 36.3 Å². The molecular formula is C18H20ClN3O3. The highest BCUT2D eigenvalue weighted by Crippen LogP contribution is 2.29. The second kappa shape index (κ2) is 5.95. The van der Waals surface area contributed by atoms with E-state index in [1.54, 1.807) is 16.8 Å². The summed E-state index contributed by atoms with van der Waals surface area (Å²) in [4.78, 5) is 12.5. The maximum absolute atomic E-state index is 12.5. The van der Waals surface area contributed by atoms with Crippen LogP contribution >= 0.6 is 11.6 Å². The van der Waals surface area contributed by atoms with Crippen molar-refractivity contribution >= 4 is 17.5 Å². The fourth-order valence-electron chi connectivity index (χ4n) is 3.18. The molecule has 0 saturated carbocycles. The minimum Gasteiger partial charge on any atom is -0.491 e. The smallest absolute Gasteiger partial charge is 0.272 e. The Bertz CT molecular complexity index is 831. The Balaban J connectivity index is 1.46. The van der Waals surface area contributed by atoms with Gasteiger partial charge in [0.15, 0.2) is 5.69 Å². The number of ether oxygens (including phenoxy) is 2. The molecule has 6 nitrogen and oxygen atoms in total. The summed E-state index contributed by atoms with van der Waals surface area (Å²) in [6.45, 7) is 5.24. The molecule has 2 aliphatic rings. The molecule has 2 aliphatic heterocycles. The number of carbonyl (C=O) groups excluding carboxylic acids is 1. The van der Waals surface area contributed by atoms with E-state index in [-0.39, 0.29) is 17.6 Å². The van der Waals surface area contributed by atoms with Crippen molar-refractivity contribution in [3.05, 3.63) is 40.5 Å². The van der Waals surface area contributed by atoms with Gasteiger partial charge in [0.25, 0.3) is 5.91 Å². The molecule has 0 aliphatic carbocycles. The van der Waals surface area contributed by atoms with Crippen LogP contribution in [0.3, 0.4) is 0 Å². The van der Waals surface area contributed by atoms with Gasteiger partial charge >= 0.3 is 0 Å². The van der Waals surface area contributed by atoms with Gasteiger partial charge in [-0.3, -0.25) is 4.79 Å². The van der Waals surface area contributed by atoms with E-state index in [1.165, 1.54) is 0 Å². The van der Waals surface area contributed by atoms with Gasteiger partial charge in [-0.15, -0.1) is 0 Å². The maximum atomic E-state index is 12.5. The van der Waals surface area contributed by atoms with E-state index in [2.05, 4.69) is 10.4 Å². The Morgan fingerprint density at radius 1 is 1.40 bits per heavy atom. The zero-order chi connectivity index (χ0) is 17.6. The number of benzene rings is 1. The summed E-state index contributed by atoms with van der Waals surface area (Å²) in [6.07, 6.45) is 1.54. The van der Waals surface area contributed by atoms with E-state index < -0.39 is 0 Å². The molecule has 4 rings (SSSR count). The molecule has 1 N–H and O–H groups in total. The first-order valence-corrected chi connectivity index (χ1v) is 8.76. The number of fused-ring (bicyclic) bond motifs is 2. The van der Waals surface area contributed by atoms with E-state index in [1.807, 2.05) is 26.0 Å². The molecule has 1 amide bonds. The largest absolute Gasteiger partial charge is 0.491 e. The molecule has 1 aromatic carbocycles. The Hall–Kier alpha value is -2.21. The van der Waals surface area contributed by atoms with Gasteiger partial charge < -0.3 is 14.8 Å². The Morgan fingerprint density at radius 2 is 2.24 bits per heavy atom. The number of halogens is 1. The van der Waals surface area contributed by atoms with Crippen molar-refractivity contribution in [2.45, 2.75) is 44.9 Å². The van der Waals surface area contributed by atoms with Gasteiger partial charge in [0.1, 0.15) is 18.0 Å². The summed E-state index contributed by atoms with van der Waals surface area (Å²) in [6, 6.07) is 7.12. The summed E-state index contributed by atoms with van der Waals surface area (Å²) >= 11 is 6.04. The number of rotatable bonds is 2. The van der Waals surface area contributed by atoms with Crippen molar-refractivity contribution in [3.8, 4) is 11.6 Å². The molecule has 1 unspecified atom stereocenters. The minimum absolute atomic E-state index is 0.116. The van der Waals surface area contributed by atoms with Crippen LogP contribution in [0, 0.1) is 0 Å². The molecular weight excluding hydrogens is 342 g/mol. The van der Waals surface area contributed by atoms with Gasteiger partial charge in [0.2, 0.25) is 5.88 Å². The number of aryl methyl sites for hydroxylation is 1. The molecule has 132 valence electrons. The lowest BCUT2D eigenvalue weighted by Crippen LogP contribution is -2.42. The maximum Gasteiger partial charge on any atom is 0.272 e. The third-order valence-electron chi connectivity index (χ3n) is 4.55. The molecule has 0 radical (unpaired) electrons. The molecule has 0 spiro atoms. The van der Waals surface area contributed by atoms with Crippen LogP contribution in [0.15, 0.2) is 24.3 Å². The Morgan fingerprint density at radius 3 is 3.08 bits per heavy atom. The number of carbonyl (C=O) groups is 1. The van der Waals surface area contributed by atoms with Crippen LogP contribution in [-0.2, 0) is 13.0 Å². The van der Waals surface area contributed by atoms with Crippen LogP contribution in [0.2, 0.25) is 5.02 Å². The fraction of sp³-hybridized carbons (Fsp3) is 0.444. The van der Waals surface area contributed by atoms with Crippen LogP contribution in [0.25, 0.3) is 0 Å². The quantitative estimate of drug-likeness (QED) is 0.893. The van der Waals surface area contributed by atoms with E-state index >= 15 is 0 Å². The summed E-state index contributed by atoms with van der Waals surface area (Å²) in [5.74, 6) is 1.24. The molecule has 0 fully saturated rings. The third kappa shape index (κ3) is 3.31. The fourth-order valence-corrected chi connectivity index (χ4v) is 3.37. The molecule has 7 heteroatoms. The van der Waals surface area contributed by atoms with Crippen LogP contribution in [-0.4, -0.2) is 33.9 Å². The molecule has 1 aromatic heterocycles. The Kier molecular flexibility index (Phi) is 3.87. The molecule has 2 aromatic rings. The van der Waals surface area contributed by atoms with Crippen molar-refractivity contribution in [2.24, 2.45) is 0 Å². The number of nitrogens with one attached hydrogen (secondary N) is 1. The molecule has 1 atom stereocenters. The van der Waals surface area contributed by atoms with Crippen molar-refractivity contribution in [1.82, 2.24) is 15.1 Å². The van der Waals surface area contributed by atoms with Crippen LogP contribution in [0.4, 0.5) is 0 Å². The predicted molar refractivity (Wildman–Crippen MR) is 93.5 cm³/mol. The molecule has 0 bridgehead atoms. The standard InChI is InChI=1S/C18H20ClN3O3/c1-18(2)5-6-22-16(25-18)9-14(21-22)17(23)20-13-8-11-7-12(19)3-4-15(11)24-10-13/h3-4,7,9,13H,5-6,8,10H2,1-2H3,(H,20,23). The number of hydrogen-bond donors (Lipinski definition) is 1. The third-order valence-corrected chi connectivity index (χ3v) is 4.78. The summed E-state index contributed by atoms with van der Waals surface area (Å²) in [5.41, 5.74) is 1.13. The first-order valence-electron chi connectivity index (χ1n) is 8.39. The highest BCUT2D eigenvalue weighted by Gasteiger charge is 2.30.